The van der Waals surface area contributed by atoms with Crippen LogP contribution in [0.5, 0.6) is 0 Å². The highest BCUT2D eigenvalue weighted by atomic mass is 16.2. The van der Waals surface area contributed by atoms with Crippen LogP contribution in [0, 0.1) is 33.0 Å². The Hall–Kier alpha value is -2.81. The van der Waals surface area contributed by atoms with Gasteiger partial charge in [0.2, 0.25) is 5.91 Å². The third-order valence-electron chi connectivity index (χ3n) is 8.61. The van der Waals surface area contributed by atoms with Gasteiger partial charge < -0.3 is 5.32 Å². The van der Waals surface area contributed by atoms with E-state index in [1.54, 1.807) is 0 Å². The van der Waals surface area contributed by atoms with Gasteiger partial charge in [-0.2, -0.15) is 5.26 Å². The summed E-state index contributed by atoms with van der Waals surface area (Å²) in [6.45, 7) is 21.4. The van der Waals surface area contributed by atoms with Crippen LogP contribution in [0.2, 0.25) is 0 Å². The van der Waals surface area contributed by atoms with Gasteiger partial charge in [-0.25, -0.2) is 0 Å². The van der Waals surface area contributed by atoms with Gasteiger partial charge in [0.1, 0.15) is 5.54 Å². The number of rotatable bonds is 3. The van der Waals surface area contributed by atoms with Crippen LogP contribution >= 0.6 is 0 Å². The third kappa shape index (κ3) is 4.42. The van der Waals surface area contributed by atoms with E-state index in [1.807, 2.05) is 6.92 Å². The summed E-state index contributed by atoms with van der Waals surface area (Å²) < 4.78 is 0. The fraction of sp³-hybridized carbons (Fsp3) is 0.633. The molecule has 1 N–H and O–H groups in total. The van der Waals surface area contributed by atoms with Crippen molar-refractivity contribution in [2.75, 3.05) is 0 Å². The number of carbonyl (C=O) groups excluding carboxylic acids is 1. The predicted molar refractivity (Wildman–Crippen MR) is 147 cm³/mol. The monoisotopic (exact) mass is 487 g/mol. The minimum Gasteiger partial charge on any atom is -0.329 e. The number of nitrogens with one attached hydrogen (secondary N) is 1. The summed E-state index contributed by atoms with van der Waals surface area (Å²) >= 11 is 0. The second kappa shape index (κ2) is 8.10. The van der Waals surface area contributed by atoms with Crippen molar-refractivity contribution in [3.8, 4) is 6.07 Å². The normalized spacial score (nSPS) is 33.4. The molecule has 0 saturated carbocycles. The van der Waals surface area contributed by atoms with Gasteiger partial charge in [-0.05, 0) is 38.0 Å². The zero-order valence-electron chi connectivity index (χ0n) is 23.7. The zero-order chi connectivity index (χ0) is 26.9. The number of nitriles is 1. The van der Waals surface area contributed by atoms with Crippen molar-refractivity contribution in [3.63, 3.8) is 0 Å². The van der Waals surface area contributed by atoms with Crippen LogP contribution in [0.15, 0.2) is 49.8 Å². The van der Waals surface area contributed by atoms with E-state index < -0.39 is 5.54 Å². The minimum absolute atomic E-state index is 0.0717. The van der Waals surface area contributed by atoms with E-state index in [0.29, 0.717) is 6.42 Å². The quantitative estimate of drug-likeness (QED) is 0.494. The van der Waals surface area contributed by atoms with E-state index in [-0.39, 0.29) is 27.6 Å². The van der Waals surface area contributed by atoms with Crippen molar-refractivity contribution in [1.29, 1.82) is 5.26 Å². The molecule has 1 unspecified atom stereocenters. The van der Waals surface area contributed by atoms with Crippen LogP contribution in [0.1, 0.15) is 94.9 Å². The molecule has 1 atom stereocenters. The average Bonchev–Trinajstić information content (AvgIpc) is 3.35. The van der Waals surface area contributed by atoms with Gasteiger partial charge in [0, 0.05) is 69.5 Å². The maximum absolute atomic E-state index is 11.9. The van der Waals surface area contributed by atoms with Crippen molar-refractivity contribution >= 4 is 23.0 Å². The first-order chi connectivity index (χ1) is 16.4. The van der Waals surface area contributed by atoms with Crippen LogP contribution in [-0.2, 0) is 4.79 Å². The van der Waals surface area contributed by atoms with Gasteiger partial charge in [-0.1, -0.05) is 55.4 Å². The number of hydrogen-bond donors (Lipinski definition) is 1. The number of allylic oxidation sites excluding steroid dienone is 6. The largest absolute Gasteiger partial charge is 0.329 e. The standard InChI is InChI=1S/C30H41N5O/c1-18(21-15-29(8,9)30(10,17-31)35-21)25-28(6,7)14-20(33-25)12-22-26(2,3)13-19(32-22)11-23-27(4,5)16-24(36)34-23/h11-12H,13-16H2,1-10H3,(H,34,36)/b22-12+,23-11+,25-18-. The van der Waals surface area contributed by atoms with Crippen molar-refractivity contribution < 1.29 is 4.79 Å². The summed E-state index contributed by atoms with van der Waals surface area (Å²) in [5.74, 6) is 0.0717. The first-order valence-electron chi connectivity index (χ1n) is 13.0. The second-order valence-electron chi connectivity index (χ2n) is 13.8. The molecule has 0 radical (unpaired) electrons. The number of aliphatic imine (C=N–C) groups is 3. The lowest BCUT2D eigenvalue weighted by Crippen LogP contribution is -2.34. The fourth-order valence-corrected chi connectivity index (χ4v) is 5.74. The molecule has 192 valence electrons. The highest BCUT2D eigenvalue weighted by Gasteiger charge is 2.48. The predicted octanol–water partition coefficient (Wildman–Crippen LogP) is 6.47. The van der Waals surface area contributed by atoms with Crippen LogP contribution in [0.25, 0.3) is 0 Å². The lowest BCUT2D eigenvalue weighted by molar-refractivity contribution is -0.119. The topological polar surface area (TPSA) is 90.0 Å². The first kappa shape index (κ1) is 26.3. The Morgan fingerprint density at radius 3 is 2.03 bits per heavy atom. The SMILES string of the molecule is C/C(C1=NC(C)(C#N)C(C)(C)C1)=C1N=C(/C=C2N=C(/C=C3/NC(=O)CC3(C)C)CC/2(C)C)CC/1(C)C. The molecule has 4 aliphatic heterocycles. The summed E-state index contributed by atoms with van der Waals surface area (Å²) in [4.78, 5) is 26.9. The molecule has 0 aliphatic carbocycles. The maximum Gasteiger partial charge on any atom is 0.225 e. The summed E-state index contributed by atoms with van der Waals surface area (Å²) in [5.41, 5.74) is 5.82. The molecule has 4 rings (SSSR count). The van der Waals surface area contributed by atoms with E-state index >= 15 is 0 Å². The number of carbonyl (C=O) groups is 1. The van der Waals surface area contributed by atoms with Crippen molar-refractivity contribution in [3.05, 3.63) is 34.8 Å². The molecule has 0 spiro atoms. The van der Waals surface area contributed by atoms with Gasteiger partial charge in [-0.15, -0.1) is 0 Å². The molecule has 0 bridgehead atoms. The molecule has 6 heteroatoms. The van der Waals surface area contributed by atoms with Gasteiger partial charge in [0.05, 0.1) is 11.8 Å². The molecule has 1 fully saturated rings. The fourth-order valence-electron chi connectivity index (χ4n) is 5.74. The van der Waals surface area contributed by atoms with E-state index in [0.717, 1.165) is 59.1 Å². The molecule has 0 aromatic heterocycles. The molecule has 36 heavy (non-hydrogen) atoms. The number of nitrogens with zero attached hydrogens (tertiary/aromatic N) is 4. The number of amides is 1. The average molecular weight is 488 g/mol. The highest BCUT2D eigenvalue weighted by Crippen LogP contribution is 2.47. The Balaban J connectivity index is 1.68. The van der Waals surface area contributed by atoms with Crippen molar-refractivity contribution in [2.45, 2.75) is 100 Å². The molecule has 4 heterocycles. The highest BCUT2D eigenvalue weighted by molar-refractivity contribution is 6.06. The van der Waals surface area contributed by atoms with Gasteiger partial charge in [0.25, 0.3) is 0 Å². The molecule has 1 amide bonds. The van der Waals surface area contributed by atoms with E-state index in [9.17, 15) is 10.1 Å². The molecular weight excluding hydrogens is 446 g/mol. The molecular formula is C30H41N5O. The van der Waals surface area contributed by atoms with E-state index in [4.69, 9.17) is 15.0 Å². The summed E-state index contributed by atoms with van der Waals surface area (Å²) in [7, 11) is 0. The Morgan fingerprint density at radius 2 is 1.47 bits per heavy atom. The Morgan fingerprint density at radius 1 is 0.861 bits per heavy atom. The molecule has 0 aromatic rings. The Bertz CT molecular complexity index is 1260. The zero-order valence-corrected chi connectivity index (χ0v) is 23.7. The van der Waals surface area contributed by atoms with Gasteiger partial charge in [-0.3, -0.25) is 19.8 Å². The summed E-state index contributed by atoms with van der Waals surface area (Å²) in [6, 6.07) is 2.43. The van der Waals surface area contributed by atoms with Gasteiger partial charge in [0.15, 0.2) is 0 Å². The van der Waals surface area contributed by atoms with Gasteiger partial charge >= 0.3 is 0 Å². The van der Waals surface area contributed by atoms with Crippen LogP contribution in [0.3, 0.4) is 0 Å². The Kier molecular flexibility index (Phi) is 5.91. The molecule has 0 aromatic carbocycles. The number of hydrogen-bond acceptors (Lipinski definition) is 5. The van der Waals surface area contributed by atoms with E-state index in [1.165, 1.54) is 0 Å². The lowest BCUT2D eigenvalue weighted by atomic mass is 9.73. The van der Waals surface area contributed by atoms with Crippen molar-refractivity contribution in [2.24, 2.45) is 36.6 Å². The summed E-state index contributed by atoms with van der Waals surface area (Å²) in [6.07, 6.45) is 7.16. The lowest BCUT2D eigenvalue weighted by Gasteiger charge is -2.29. The maximum atomic E-state index is 11.9. The minimum atomic E-state index is -0.720. The van der Waals surface area contributed by atoms with Crippen molar-refractivity contribution in [1.82, 2.24) is 5.32 Å². The molecule has 4 aliphatic rings. The Labute approximate surface area is 216 Å². The molecule has 6 nitrogen and oxygen atoms in total. The van der Waals surface area contributed by atoms with E-state index in [2.05, 4.69) is 85.9 Å². The van der Waals surface area contributed by atoms with Crippen LogP contribution in [-0.4, -0.2) is 28.6 Å². The van der Waals surface area contributed by atoms with Crippen LogP contribution < -0.4 is 5.32 Å². The third-order valence-corrected chi connectivity index (χ3v) is 8.61. The smallest absolute Gasteiger partial charge is 0.225 e. The second-order valence-corrected chi connectivity index (χ2v) is 13.8. The first-order valence-corrected chi connectivity index (χ1v) is 13.0. The molecule has 1 saturated heterocycles. The van der Waals surface area contributed by atoms with Crippen LogP contribution in [0.4, 0.5) is 0 Å². The summed E-state index contributed by atoms with van der Waals surface area (Å²) in [5, 5.41) is 12.8.